The number of amides is 1. The SMILES string of the molecule is N[C@@H](Cc1cccs1)C(=O)N1CCN(c2nc3ccc(-c4ccc(O)cc4)cc3s2)CC1. The third-order valence-corrected chi connectivity index (χ3v) is 7.74. The first-order chi connectivity index (χ1) is 15.6. The molecule has 0 bridgehead atoms. The van der Waals surface area contributed by atoms with E-state index in [2.05, 4.69) is 17.0 Å². The smallest absolute Gasteiger partial charge is 0.239 e. The van der Waals surface area contributed by atoms with Gasteiger partial charge in [-0.05, 0) is 46.8 Å². The molecule has 164 valence electrons. The highest BCUT2D eigenvalue weighted by Gasteiger charge is 2.26. The molecule has 3 heterocycles. The number of piperazine rings is 1. The average Bonchev–Trinajstić information content (AvgIpc) is 3.48. The summed E-state index contributed by atoms with van der Waals surface area (Å²) in [4.78, 5) is 22.9. The largest absolute Gasteiger partial charge is 0.508 e. The highest BCUT2D eigenvalue weighted by Crippen LogP contribution is 2.33. The van der Waals surface area contributed by atoms with Gasteiger partial charge < -0.3 is 20.6 Å². The van der Waals surface area contributed by atoms with Gasteiger partial charge >= 0.3 is 0 Å². The lowest BCUT2D eigenvalue weighted by Crippen LogP contribution is -2.53. The Labute approximate surface area is 194 Å². The molecule has 1 aliphatic rings. The van der Waals surface area contributed by atoms with Crippen LogP contribution in [0.5, 0.6) is 5.75 Å². The van der Waals surface area contributed by atoms with E-state index in [4.69, 9.17) is 10.7 Å². The van der Waals surface area contributed by atoms with Crippen molar-refractivity contribution in [3.8, 4) is 16.9 Å². The fraction of sp³-hybridized carbons (Fsp3) is 0.250. The van der Waals surface area contributed by atoms with Crippen molar-refractivity contribution in [2.75, 3.05) is 31.1 Å². The number of hydrogen-bond donors (Lipinski definition) is 2. The van der Waals surface area contributed by atoms with E-state index in [-0.39, 0.29) is 11.7 Å². The van der Waals surface area contributed by atoms with Crippen LogP contribution in [0.4, 0.5) is 5.13 Å². The molecule has 0 aliphatic carbocycles. The molecular formula is C24H24N4O2S2. The van der Waals surface area contributed by atoms with Crippen molar-refractivity contribution < 1.29 is 9.90 Å². The summed E-state index contributed by atoms with van der Waals surface area (Å²) in [5.41, 5.74) is 9.32. The van der Waals surface area contributed by atoms with E-state index in [1.165, 1.54) is 0 Å². The molecular weight excluding hydrogens is 440 g/mol. The number of thiophene rings is 1. The second-order valence-electron chi connectivity index (χ2n) is 7.93. The Kier molecular flexibility index (Phi) is 5.82. The first-order valence-corrected chi connectivity index (χ1v) is 12.3. The predicted molar refractivity (Wildman–Crippen MR) is 132 cm³/mol. The number of nitrogens with two attached hydrogens (primary N) is 1. The number of benzene rings is 2. The minimum Gasteiger partial charge on any atom is -0.508 e. The van der Waals surface area contributed by atoms with Crippen LogP contribution in [-0.4, -0.2) is 53.1 Å². The van der Waals surface area contributed by atoms with Gasteiger partial charge in [-0.3, -0.25) is 4.79 Å². The Morgan fingerprint density at radius 1 is 1.06 bits per heavy atom. The number of phenols is 1. The third-order valence-electron chi connectivity index (χ3n) is 5.76. The molecule has 3 N–H and O–H groups in total. The first kappa shape index (κ1) is 20.9. The Balaban J connectivity index is 1.24. The molecule has 2 aromatic carbocycles. The number of phenolic OH excluding ortho intramolecular Hbond substituents is 1. The van der Waals surface area contributed by atoms with Gasteiger partial charge in [-0.1, -0.05) is 35.6 Å². The molecule has 1 fully saturated rings. The van der Waals surface area contributed by atoms with E-state index in [1.54, 1.807) is 34.8 Å². The van der Waals surface area contributed by atoms with Crippen LogP contribution in [0.25, 0.3) is 21.3 Å². The summed E-state index contributed by atoms with van der Waals surface area (Å²) in [6, 6.07) is 17.0. The molecule has 0 saturated carbocycles. The van der Waals surface area contributed by atoms with Crippen LogP contribution in [0.3, 0.4) is 0 Å². The third kappa shape index (κ3) is 4.34. The molecule has 0 radical (unpaired) electrons. The number of carbonyl (C=O) groups is 1. The van der Waals surface area contributed by atoms with Crippen LogP contribution in [0.2, 0.25) is 0 Å². The van der Waals surface area contributed by atoms with E-state index in [9.17, 15) is 9.90 Å². The van der Waals surface area contributed by atoms with Gasteiger partial charge in [0, 0.05) is 37.5 Å². The summed E-state index contributed by atoms with van der Waals surface area (Å²) in [5.74, 6) is 0.292. The van der Waals surface area contributed by atoms with Gasteiger partial charge in [-0.25, -0.2) is 4.98 Å². The highest BCUT2D eigenvalue weighted by molar-refractivity contribution is 7.22. The zero-order valence-electron chi connectivity index (χ0n) is 17.5. The predicted octanol–water partition coefficient (Wildman–Crippen LogP) is 3.95. The molecule has 4 aromatic rings. The second kappa shape index (κ2) is 8.90. The summed E-state index contributed by atoms with van der Waals surface area (Å²) in [6.07, 6.45) is 0.595. The number of thiazole rings is 1. The van der Waals surface area contributed by atoms with Crippen molar-refractivity contribution in [2.45, 2.75) is 12.5 Å². The summed E-state index contributed by atoms with van der Waals surface area (Å²) in [5, 5.41) is 12.5. The van der Waals surface area contributed by atoms with Gasteiger partial charge in [0.15, 0.2) is 5.13 Å². The number of aromatic nitrogens is 1. The van der Waals surface area contributed by atoms with Crippen molar-refractivity contribution in [2.24, 2.45) is 5.73 Å². The lowest BCUT2D eigenvalue weighted by molar-refractivity contribution is -0.132. The maximum atomic E-state index is 12.8. The fourth-order valence-electron chi connectivity index (χ4n) is 3.97. The number of nitrogens with zero attached hydrogens (tertiary/aromatic N) is 3. The zero-order valence-corrected chi connectivity index (χ0v) is 19.1. The molecule has 32 heavy (non-hydrogen) atoms. The quantitative estimate of drug-likeness (QED) is 0.467. The van der Waals surface area contributed by atoms with Gasteiger partial charge in [-0.2, -0.15) is 0 Å². The number of hydrogen-bond acceptors (Lipinski definition) is 7. The van der Waals surface area contributed by atoms with Crippen molar-refractivity contribution in [3.63, 3.8) is 0 Å². The monoisotopic (exact) mass is 464 g/mol. The van der Waals surface area contributed by atoms with Crippen molar-refractivity contribution in [3.05, 3.63) is 64.9 Å². The van der Waals surface area contributed by atoms with Gasteiger partial charge in [0.05, 0.1) is 16.3 Å². The zero-order chi connectivity index (χ0) is 22.1. The molecule has 2 aromatic heterocycles. The van der Waals surface area contributed by atoms with Crippen molar-refractivity contribution in [1.82, 2.24) is 9.88 Å². The van der Waals surface area contributed by atoms with E-state index < -0.39 is 6.04 Å². The Bertz CT molecular complexity index is 1210. The maximum Gasteiger partial charge on any atom is 0.239 e. The van der Waals surface area contributed by atoms with Gasteiger partial charge in [-0.15, -0.1) is 11.3 Å². The number of rotatable bonds is 5. The number of anilines is 1. The second-order valence-corrected chi connectivity index (χ2v) is 9.97. The molecule has 1 aliphatic heterocycles. The summed E-state index contributed by atoms with van der Waals surface area (Å²) in [7, 11) is 0. The fourth-order valence-corrected chi connectivity index (χ4v) is 5.79. The van der Waals surface area contributed by atoms with Crippen LogP contribution in [0.1, 0.15) is 4.88 Å². The van der Waals surface area contributed by atoms with E-state index in [0.717, 1.165) is 44.4 Å². The average molecular weight is 465 g/mol. The molecule has 0 spiro atoms. The number of aromatic hydroxyl groups is 1. The van der Waals surface area contributed by atoms with Crippen molar-refractivity contribution >= 4 is 43.9 Å². The van der Waals surface area contributed by atoms with E-state index in [1.807, 2.05) is 40.6 Å². The van der Waals surface area contributed by atoms with E-state index in [0.29, 0.717) is 19.5 Å². The molecule has 0 unspecified atom stereocenters. The summed E-state index contributed by atoms with van der Waals surface area (Å²) >= 11 is 3.31. The topological polar surface area (TPSA) is 82.7 Å². The molecule has 1 saturated heterocycles. The molecule has 8 heteroatoms. The lowest BCUT2D eigenvalue weighted by atomic mass is 10.1. The van der Waals surface area contributed by atoms with E-state index >= 15 is 0 Å². The Morgan fingerprint density at radius 3 is 2.53 bits per heavy atom. The van der Waals surface area contributed by atoms with Crippen molar-refractivity contribution in [1.29, 1.82) is 0 Å². The maximum absolute atomic E-state index is 12.8. The van der Waals surface area contributed by atoms with Crippen LogP contribution in [0.15, 0.2) is 60.0 Å². The highest BCUT2D eigenvalue weighted by atomic mass is 32.1. The van der Waals surface area contributed by atoms with Gasteiger partial charge in [0.2, 0.25) is 5.91 Å². The minimum atomic E-state index is -0.485. The number of fused-ring (bicyclic) bond motifs is 1. The normalized spacial score (nSPS) is 15.3. The van der Waals surface area contributed by atoms with Crippen LogP contribution >= 0.6 is 22.7 Å². The first-order valence-electron chi connectivity index (χ1n) is 10.6. The minimum absolute atomic E-state index is 0.0286. The number of carbonyl (C=O) groups excluding carboxylic acids is 1. The van der Waals surface area contributed by atoms with Crippen LogP contribution in [-0.2, 0) is 11.2 Å². The molecule has 1 atom stereocenters. The Hall–Kier alpha value is -2.94. The van der Waals surface area contributed by atoms with Crippen LogP contribution < -0.4 is 10.6 Å². The molecule has 5 rings (SSSR count). The van der Waals surface area contributed by atoms with Gasteiger partial charge in [0.25, 0.3) is 0 Å². The summed E-state index contributed by atoms with van der Waals surface area (Å²) in [6.45, 7) is 2.82. The van der Waals surface area contributed by atoms with Gasteiger partial charge in [0.1, 0.15) is 5.75 Å². The summed E-state index contributed by atoms with van der Waals surface area (Å²) < 4.78 is 1.13. The van der Waals surface area contributed by atoms with Crippen LogP contribution in [0, 0.1) is 0 Å². The molecule has 1 amide bonds. The Morgan fingerprint density at radius 2 is 1.81 bits per heavy atom. The standard InChI is InChI=1S/C24H24N4O2S2/c25-20(15-19-2-1-13-31-19)23(30)27-9-11-28(12-10-27)24-26-21-8-5-17(14-22(21)32-24)16-3-6-18(29)7-4-16/h1-8,13-14,20,29H,9-12,15,25H2/t20-/m0/s1. The molecule has 6 nitrogen and oxygen atoms in total. The lowest BCUT2D eigenvalue weighted by Gasteiger charge is -2.35.